The minimum atomic E-state index is -0.811. The van der Waals surface area contributed by atoms with Crippen LogP contribution in [0.15, 0.2) is 66.7 Å². The first-order valence-corrected chi connectivity index (χ1v) is 20.2. The molecule has 5 rings (SSSR count). The van der Waals surface area contributed by atoms with E-state index >= 15 is 0 Å². The molecule has 0 aliphatic carbocycles. The summed E-state index contributed by atoms with van der Waals surface area (Å²) in [5, 5.41) is 12.6. The Morgan fingerprint density at radius 1 is 0.871 bits per heavy atom. The zero-order valence-electron chi connectivity index (χ0n) is 36.9. The van der Waals surface area contributed by atoms with Crippen LogP contribution in [0.5, 0.6) is 40.2 Å². The topological polar surface area (TPSA) is 175 Å². The molecule has 0 spiro atoms. The van der Waals surface area contributed by atoms with Gasteiger partial charge in [0.15, 0.2) is 23.0 Å². The predicted molar refractivity (Wildman–Crippen MR) is 229 cm³/mol. The Morgan fingerprint density at radius 2 is 1.56 bits per heavy atom. The number of esters is 1. The quantitative estimate of drug-likeness (QED) is 0.0451. The van der Waals surface area contributed by atoms with E-state index in [4.69, 9.17) is 37.9 Å². The molecule has 0 saturated heterocycles. The molecule has 1 heterocycles. The van der Waals surface area contributed by atoms with Gasteiger partial charge in [-0.1, -0.05) is 18.2 Å². The van der Waals surface area contributed by atoms with Crippen LogP contribution < -0.4 is 23.7 Å². The van der Waals surface area contributed by atoms with Crippen molar-refractivity contribution in [2.24, 2.45) is 0 Å². The predicted octanol–water partition coefficient (Wildman–Crippen LogP) is 9.48. The summed E-state index contributed by atoms with van der Waals surface area (Å²) in [4.78, 5) is 53.6. The summed E-state index contributed by atoms with van der Waals surface area (Å²) in [6.45, 7) is 11.6. The monoisotopic (exact) mass is 857 g/mol. The van der Waals surface area contributed by atoms with Crippen LogP contribution in [0, 0.1) is 10.1 Å². The largest absolute Gasteiger partial charge is 0.493 e. The lowest BCUT2D eigenvalue weighted by atomic mass is 9.87. The van der Waals surface area contributed by atoms with Gasteiger partial charge >= 0.3 is 23.8 Å². The minimum absolute atomic E-state index is 0.0713. The Labute approximate surface area is 361 Å². The normalized spacial score (nSPS) is 13.4. The fourth-order valence-electron chi connectivity index (χ4n) is 6.91. The zero-order chi connectivity index (χ0) is 45.3. The highest BCUT2D eigenvalue weighted by molar-refractivity contribution is 5.90. The summed E-state index contributed by atoms with van der Waals surface area (Å²) in [6, 6.07) is 17.8. The fourth-order valence-corrected chi connectivity index (χ4v) is 6.91. The fraction of sp³-hybridized carbons (Fsp3) is 0.413. The molecular formula is C46H55N3O13. The van der Waals surface area contributed by atoms with Crippen LogP contribution in [0.2, 0.25) is 0 Å². The highest BCUT2D eigenvalue weighted by atomic mass is 16.6. The molecule has 0 N–H and O–H groups in total. The van der Waals surface area contributed by atoms with E-state index in [1.165, 1.54) is 38.4 Å². The summed E-state index contributed by atoms with van der Waals surface area (Å²) in [5.41, 5.74) is 1.91. The number of nitro benzene ring substituents is 1. The van der Waals surface area contributed by atoms with Crippen molar-refractivity contribution in [3.05, 3.63) is 105 Å². The Bertz CT molecular complexity index is 2250. The van der Waals surface area contributed by atoms with E-state index in [0.29, 0.717) is 52.5 Å². The Balaban J connectivity index is 1.56. The van der Waals surface area contributed by atoms with Gasteiger partial charge in [0.2, 0.25) is 11.5 Å². The van der Waals surface area contributed by atoms with E-state index in [1.807, 2.05) is 32.0 Å². The molecule has 0 aromatic heterocycles. The Hall–Kier alpha value is -6.71. The van der Waals surface area contributed by atoms with Gasteiger partial charge in [-0.05, 0) is 120 Å². The van der Waals surface area contributed by atoms with Crippen LogP contribution >= 0.6 is 0 Å². The van der Waals surface area contributed by atoms with Gasteiger partial charge in [-0.25, -0.2) is 14.4 Å². The van der Waals surface area contributed by atoms with Gasteiger partial charge in [-0.3, -0.25) is 10.1 Å². The van der Waals surface area contributed by atoms with Crippen LogP contribution in [-0.4, -0.2) is 92.7 Å². The van der Waals surface area contributed by atoms with Crippen molar-refractivity contribution in [3.63, 3.8) is 0 Å². The molecule has 2 amide bonds. The van der Waals surface area contributed by atoms with Crippen LogP contribution in [-0.2, 0) is 33.5 Å². The van der Waals surface area contributed by atoms with E-state index in [1.54, 1.807) is 76.0 Å². The molecular weight excluding hydrogens is 803 g/mol. The lowest BCUT2D eigenvalue weighted by Crippen LogP contribution is -2.44. The van der Waals surface area contributed by atoms with Crippen molar-refractivity contribution in [3.8, 4) is 40.2 Å². The van der Waals surface area contributed by atoms with Crippen molar-refractivity contribution in [2.75, 3.05) is 48.1 Å². The first-order chi connectivity index (χ1) is 29.5. The van der Waals surface area contributed by atoms with Gasteiger partial charge in [0.05, 0.1) is 50.6 Å². The van der Waals surface area contributed by atoms with Gasteiger partial charge in [0.25, 0.3) is 0 Å². The maximum Gasteiger partial charge on any atom is 0.410 e. The number of ether oxygens (including phenoxy) is 8. The van der Waals surface area contributed by atoms with Crippen molar-refractivity contribution in [2.45, 2.75) is 78.6 Å². The Kier molecular flexibility index (Phi) is 15.1. The number of rotatable bonds is 16. The Morgan fingerprint density at radius 3 is 2.18 bits per heavy atom. The second-order valence-corrected chi connectivity index (χ2v) is 15.8. The third-order valence-electron chi connectivity index (χ3n) is 9.76. The van der Waals surface area contributed by atoms with Crippen molar-refractivity contribution in [1.29, 1.82) is 0 Å². The lowest BCUT2D eigenvalue weighted by Gasteiger charge is -2.39. The first-order valence-electron chi connectivity index (χ1n) is 20.2. The van der Waals surface area contributed by atoms with Crippen LogP contribution in [0.4, 0.5) is 15.3 Å². The second kappa shape index (κ2) is 20.2. The molecule has 332 valence electrons. The third-order valence-corrected chi connectivity index (χ3v) is 9.76. The lowest BCUT2D eigenvalue weighted by molar-refractivity contribution is -0.385. The molecule has 16 nitrogen and oxygen atoms in total. The van der Waals surface area contributed by atoms with Crippen LogP contribution in [0.25, 0.3) is 0 Å². The van der Waals surface area contributed by atoms with E-state index in [2.05, 4.69) is 0 Å². The first kappa shape index (κ1) is 46.4. The van der Waals surface area contributed by atoms with Gasteiger partial charge in [0, 0.05) is 31.8 Å². The molecule has 0 unspecified atom stereocenters. The number of benzene rings is 4. The number of amides is 2. The summed E-state index contributed by atoms with van der Waals surface area (Å²) >= 11 is 0. The average molecular weight is 858 g/mol. The molecule has 0 bridgehead atoms. The molecule has 4 aromatic rings. The zero-order valence-corrected chi connectivity index (χ0v) is 36.9. The highest BCUT2D eigenvalue weighted by Gasteiger charge is 2.39. The maximum atomic E-state index is 14.0. The van der Waals surface area contributed by atoms with Gasteiger partial charge < -0.3 is 47.7 Å². The van der Waals surface area contributed by atoms with Crippen molar-refractivity contribution in [1.82, 2.24) is 9.80 Å². The number of nitrogens with zero attached hydrogens (tertiary/aromatic N) is 3. The molecule has 1 aliphatic heterocycles. The van der Waals surface area contributed by atoms with Crippen LogP contribution in [0.3, 0.4) is 0 Å². The number of likely N-dealkylation sites (N-methyl/N-ethyl adjacent to an activating group) is 1. The van der Waals surface area contributed by atoms with E-state index in [0.717, 1.165) is 11.1 Å². The molecule has 1 aliphatic rings. The summed E-state index contributed by atoms with van der Waals surface area (Å²) < 4.78 is 46.3. The van der Waals surface area contributed by atoms with Crippen LogP contribution in [0.1, 0.15) is 80.2 Å². The van der Waals surface area contributed by atoms with Gasteiger partial charge in [0.1, 0.15) is 11.4 Å². The number of methoxy groups -OCH3 is 3. The summed E-state index contributed by atoms with van der Waals surface area (Å²) in [5.74, 6) is 1.27. The van der Waals surface area contributed by atoms with E-state index in [-0.39, 0.29) is 55.2 Å². The number of carbonyl (C=O) groups is 3. The minimum Gasteiger partial charge on any atom is -0.493 e. The third kappa shape index (κ3) is 11.4. The summed E-state index contributed by atoms with van der Waals surface area (Å²) in [6.07, 6.45) is -0.256. The smallest absolute Gasteiger partial charge is 0.410 e. The molecule has 0 saturated carbocycles. The van der Waals surface area contributed by atoms with E-state index in [9.17, 15) is 24.5 Å². The van der Waals surface area contributed by atoms with E-state index < -0.39 is 34.7 Å². The molecule has 0 fully saturated rings. The second-order valence-electron chi connectivity index (χ2n) is 15.8. The van der Waals surface area contributed by atoms with Gasteiger partial charge in [-0.2, -0.15) is 0 Å². The van der Waals surface area contributed by atoms with Crippen molar-refractivity contribution >= 4 is 23.8 Å². The maximum absolute atomic E-state index is 14.0. The summed E-state index contributed by atoms with van der Waals surface area (Å²) in [7, 11) is 5.82. The molecule has 62 heavy (non-hydrogen) atoms. The number of fused-ring (bicyclic) bond motifs is 1. The molecule has 4 aromatic carbocycles. The SMILES string of the molecule is CCOC(=O)N(C)CCc1ccc(Oc2c(OC)c(OC)cc3c2[C@H](Cc2ccc(Oc4cc(C(=O)OC)ccc4OC(C)C)cc2)N(C(=O)OC(C)(C)C)CC3)c([N+](=O)[O-])c1. The average Bonchev–Trinajstić information content (AvgIpc) is 3.22. The molecule has 1 atom stereocenters. The molecule has 16 heteroatoms. The van der Waals surface area contributed by atoms with Gasteiger partial charge in [-0.15, -0.1) is 0 Å². The number of nitro groups is 1. The van der Waals surface area contributed by atoms with Crippen molar-refractivity contribution < 1.29 is 57.2 Å². The highest BCUT2D eigenvalue weighted by Crippen LogP contribution is 2.51. The number of hydrogen-bond donors (Lipinski definition) is 0. The standard InChI is InChI=1S/C46H55N3O13/c1-11-58-44(51)47(7)22-20-30-14-18-36(34(24-30)49(53)54)61-42-40-31(26-39(55-8)41(42)56-9)21-23-48(45(52)62-46(4,5)6)35(40)25-29-12-16-33(17-13-29)60-38-27-32(43(50)57-10)15-19-37(38)59-28(2)3/h12-19,24,26-28,35H,11,20-23,25H2,1-10H3/t35-/m0/s1. The number of carbonyl (C=O) groups excluding carboxylic acids is 3. The number of hydrogen-bond acceptors (Lipinski definition) is 13. The molecule has 0 radical (unpaired) electrons.